The molecule has 0 spiro atoms. The van der Waals surface area contributed by atoms with Gasteiger partial charge < -0.3 is 4.79 Å². The summed E-state index contributed by atoms with van der Waals surface area (Å²) in [7, 11) is 0. The standard InChI is InChI=1S/C36H68O/c1-3-5-7-9-11-13-15-17-19-20-22-24-26-28-30-32-34-36(35-37)33-31-29-27-25-23-21-18-16-14-12-10-8-6-4-2/h12,14,18,21,35-36H,3-11,13,15-17,19-20,22-34H2,1-2H3. The molecule has 0 aliphatic heterocycles. The maximum Gasteiger partial charge on any atom is 0.123 e. The summed E-state index contributed by atoms with van der Waals surface area (Å²) in [5.41, 5.74) is 0. The second kappa shape index (κ2) is 33.2. The highest BCUT2D eigenvalue weighted by Gasteiger charge is 2.06. The number of unbranched alkanes of at least 4 members (excludes halogenated alkanes) is 22. The van der Waals surface area contributed by atoms with Gasteiger partial charge in [0.05, 0.1) is 0 Å². The zero-order valence-corrected chi connectivity index (χ0v) is 25.7. The Morgan fingerprint density at radius 1 is 0.405 bits per heavy atom. The number of carbonyl (C=O) groups excluding carboxylic acids is 1. The Labute approximate surface area is 234 Å². The third kappa shape index (κ3) is 31.3. The van der Waals surface area contributed by atoms with E-state index in [4.69, 9.17) is 0 Å². The lowest BCUT2D eigenvalue weighted by Gasteiger charge is -2.10. The molecule has 0 N–H and O–H groups in total. The van der Waals surface area contributed by atoms with E-state index >= 15 is 0 Å². The Balaban J connectivity index is 3.34. The summed E-state index contributed by atoms with van der Waals surface area (Å²) in [4.78, 5) is 11.4. The van der Waals surface area contributed by atoms with Crippen LogP contribution in [0.15, 0.2) is 24.3 Å². The number of rotatable bonds is 31. The minimum Gasteiger partial charge on any atom is -0.303 e. The average Bonchev–Trinajstić information content (AvgIpc) is 2.91. The van der Waals surface area contributed by atoms with Crippen LogP contribution in [-0.2, 0) is 4.79 Å². The van der Waals surface area contributed by atoms with E-state index in [0.717, 1.165) is 19.3 Å². The summed E-state index contributed by atoms with van der Waals surface area (Å²) in [6, 6.07) is 0. The van der Waals surface area contributed by atoms with Gasteiger partial charge in [-0.3, -0.25) is 0 Å². The van der Waals surface area contributed by atoms with Gasteiger partial charge in [-0.05, 0) is 44.9 Å². The van der Waals surface area contributed by atoms with Crippen molar-refractivity contribution >= 4 is 6.29 Å². The molecule has 0 aliphatic carbocycles. The van der Waals surface area contributed by atoms with Gasteiger partial charge in [0.25, 0.3) is 0 Å². The second-order valence-electron chi connectivity index (χ2n) is 11.7. The Hall–Kier alpha value is -0.850. The average molecular weight is 517 g/mol. The van der Waals surface area contributed by atoms with E-state index in [1.807, 2.05) is 0 Å². The highest BCUT2D eigenvalue weighted by Crippen LogP contribution is 2.18. The van der Waals surface area contributed by atoms with Gasteiger partial charge >= 0.3 is 0 Å². The molecule has 0 aromatic rings. The molecule has 0 saturated heterocycles. The fourth-order valence-electron chi connectivity index (χ4n) is 5.28. The monoisotopic (exact) mass is 517 g/mol. The lowest BCUT2D eigenvalue weighted by atomic mass is 9.95. The van der Waals surface area contributed by atoms with Gasteiger partial charge in [-0.1, -0.05) is 173 Å². The van der Waals surface area contributed by atoms with E-state index in [-0.39, 0.29) is 0 Å². The molecule has 0 heterocycles. The predicted molar refractivity (Wildman–Crippen MR) is 168 cm³/mol. The lowest BCUT2D eigenvalue weighted by Crippen LogP contribution is -2.02. The normalized spacial score (nSPS) is 12.7. The lowest BCUT2D eigenvalue weighted by molar-refractivity contribution is -0.111. The number of hydrogen-bond acceptors (Lipinski definition) is 1. The molecule has 37 heavy (non-hydrogen) atoms. The van der Waals surface area contributed by atoms with Gasteiger partial charge in [0, 0.05) is 5.92 Å². The van der Waals surface area contributed by atoms with Crippen molar-refractivity contribution in [3.05, 3.63) is 24.3 Å². The SMILES string of the molecule is CCCCCC=CCC=CCCCCCCC(C=O)CCCCCCCCCCCCCCCCCC. The quantitative estimate of drug-likeness (QED) is 0.0508. The third-order valence-corrected chi connectivity index (χ3v) is 7.90. The maximum atomic E-state index is 11.4. The fraction of sp³-hybridized carbons (Fsp3) is 0.861. The number of allylic oxidation sites excluding steroid dienone is 4. The highest BCUT2D eigenvalue weighted by atomic mass is 16.1. The van der Waals surface area contributed by atoms with Crippen LogP contribution >= 0.6 is 0 Å². The van der Waals surface area contributed by atoms with Crippen LogP contribution < -0.4 is 0 Å². The highest BCUT2D eigenvalue weighted by molar-refractivity contribution is 5.53. The number of carbonyl (C=O) groups is 1. The second-order valence-corrected chi connectivity index (χ2v) is 11.7. The minimum absolute atomic E-state index is 0.315. The molecule has 1 atom stereocenters. The van der Waals surface area contributed by atoms with E-state index in [2.05, 4.69) is 38.2 Å². The Morgan fingerprint density at radius 2 is 0.730 bits per heavy atom. The first kappa shape index (κ1) is 36.1. The smallest absolute Gasteiger partial charge is 0.123 e. The summed E-state index contributed by atoms with van der Waals surface area (Å²) < 4.78 is 0. The first-order valence-corrected chi connectivity index (χ1v) is 17.1. The van der Waals surface area contributed by atoms with Gasteiger partial charge in [0.1, 0.15) is 6.29 Å². The molecule has 1 nitrogen and oxygen atoms in total. The maximum absolute atomic E-state index is 11.4. The van der Waals surface area contributed by atoms with Gasteiger partial charge in [0.15, 0.2) is 0 Å². The van der Waals surface area contributed by atoms with Gasteiger partial charge in [-0.25, -0.2) is 0 Å². The Bertz CT molecular complexity index is 477. The van der Waals surface area contributed by atoms with Crippen molar-refractivity contribution in [1.29, 1.82) is 0 Å². The van der Waals surface area contributed by atoms with Crippen LogP contribution in [0.3, 0.4) is 0 Å². The van der Waals surface area contributed by atoms with Crippen LogP contribution in [0.25, 0.3) is 0 Å². The molecule has 0 aliphatic rings. The van der Waals surface area contributed by atoms with E-state index in [1.165, 1.54) is 167 Å². The minimum atomic E-state index is 0.315. The van der Waals surface area contributed by atoms with E-state index in [1.54, 1.807) is 0 Å². The molecule has 0 saturated carbocycles. The van der Waals surface area contributed by atoms with E-state index in [0.29, 0.717) is 5.92 Å². The Morgan fingerprint density at radius 3 is 1.14 bits per heavy atom. The van der Waals surface area contributed by atoms with Crippen LogP contribution in [-0.4, -0.2) is 6.29 Å². The van der Waals surface area contributed by atoms with Crippen molar-refractivity contribution < 1.29 is 4.79 Å². The fourth-order valence-corrected chi connectivity index (χ4v) is 5.28. The van der Waals surface area contributed by atoms with Gasteiger partial charge in [-0.15, -0.1) is 0 Å². The summed E-state index contributed by atoms with van der Waals surface area (Å²) in [5, 5.41) is 0. The van der Waals surface area contributed by atoms with E-state index < -0.39 is 0 Å². The van der Waals surface area contributed by atoms with Crippen molar-refractivity contribution in [2.45, 2.75) is 194 Å². The summed E-state index contributed by atoms with van der Waals surface area (Å²) >= 11 is 0. The first-order valence-electron chi connectivity index (χ1n) is 17.1. The molecular weight excluding hydrogens is 448 g/mol. The number of hydrogen-bond donors (Lipinski definition) is 0. The molecule has 1 heteroatoms. The summed E-state index contributed by atoms with van der Waals surface area (Å²) in [5.74, 6) is 0.315. The molecule has 1 unspecified atom stereocenters. The van der Waals surface area contributed by atoms with Crippen LogP contribution in [0, 0.1) is 5.92 Å². The molecule has 0 bridgehead atoms. The summed E-state index contributed by atoms with van der Waals surface area (Å²) in [6.45, 7) is 4.55. The third-order valence-electron chi connectivity index (χ3n) is 7.90. The molecule has 218 valence electrons. The van der Waals surface area contributed by atoms with Crippen LogP contribution in [0.1, 0.15) is 194 Å². The molecule has 0 radical (unpaired) electrons. The zero-order chi connectivity index (χ0) is 26.9. The predicted octanol–water partition coefficient (Wildman–Crippen LogP) is 12.9. The topological polar surface area (TPSA) is 17.1 Å². The van der Waals surface area contributed by atoms with Gasteiger partial charge in [-0.2, -0.15) is 0 Å². The summed E-state index contributed by atoms with van der Waals surface area (Å²) in [6.07, 6.45) is 48.0. The molecule has 0 amide bonds. The van der Waals surface area contributed by atoms with E-state index in [9.17, 15) is 4.79 Å². The van der Waals surface area contributed by atoms with Gasteiger partial charge in [0.2, 0.25) is 0 Å². The van der Waals surface area contributed by atoms with Crippen LogP contribution in [0.2, 0.25) is 0 Å². The van der Waals surface area contributed by atoms with Crippen molar-refractivity contribution in [1.82, 2.24) is 0 Å². The van der Waals surface area contributed by atoms with Crippen molar-refractivity contribution in [3.63, 3.8) is 0 Å². The first-order chi connectivity index (χ1) is 18.3. The van der Waals surface area contributed by atoms with Crippen molar-refractivity contribution in [2.24, 2.45) is 5.92 Å². The zero-order valence-electron chi connectivity index (χ0n) is 25.7. The molecule has 0 fully saturated rings. The molecule has 0 rings (SSSR count). The molecule has 0 aromatic carbocycles. The van der Waals surface area contributed by atoms with Crippen molar-refractivity contribution in [3.8, 4) is 0 Å². The Kier molecular flexibility index (Phi) is 32.4. The molecule has 0 aromatic heterocycles. The molecular formula is C36H68O. The van der Waals surface area contributed by atoms with Crippen LogP contribution in [0.5, 0.6) is 0 Å². The van der Waals surface area contributed by atoms with Crippen LogP contribution in [0.4, 0.5) is 0 Å². The van der Waals surface area contributed by atoms with Crippen molar-refractivity contribution in [2.75, 3.05) is 0 Å². The number of aldehydes is 1. The largest absolute Gasteiger partial charge is 0.303 e.